The summed E-state index contributed by atoms with van der Waals surface area (Å²) in [5.41, 5.74) is 1.16. The summed E-state index contributed by atoms with van der Waals surface area (Å²) in [6.07, 6.45) is 2.90. The van der Waals surface area contributed by atoms with Crippen molar-refractivity contribution >= 4 is 11.6 Å². The standard InChI is InChI=1S/C14H25N5/c1-4-6-18-7-9-19(10-8-18)14-12(3)13(15-5-2)16-11-17-14/h11H,4-10H2,1-3H3,(H,15,16,17). The third-order valence-electron chi connectivity index (χ3n) is 3.61. The van der Waals surface area contributed by atoms with Crippen molar-refractivity contribution in [3.8, 4) is 0 Å². The van der Waals surface area contributed by atoms with Gasteiger partial charge in [-0.3, -0.25) is 4.90 Å². The van der Waals surface area contributed by atoms with Gasteiger partial charge in [-0.15, -0.1) is 0 Å². The molecule has 0 aromatic carbocycles. The Labute approximate surface area is 116 Å². The summed E-state index contributed by atoms with van der Waals surface area (Å²) < 4.78 is 0. The van der Waals surface area contributed by atoms with Gasteiger partial charge in [0.25, 0.3) is 0 Å². The number of rotatable bonds is 5. The zero-order valence-corrected chi connectivity index (χ0v) is 12.3. The molecule has 0 bridgehead atoms. The monoisotopic (exact) mass is 263 g/mol. The maximum absolute atomic E-state index is 4.47. The summed E-state index contributed by atoms with van der Waals surface area (Å²) >= 11 is 0. The molecule has 1 aliphatic heterocycles. The molecule has 2 heterocycles. The second-order valence-electron chi connectivity index (χ2n) is 5.03. The topological polar surface area (TPSA) is 44.3 Å². The van der Waals surface area contributed by atoms with Crippen molar-refractivity contribution < 1.29 is 0 Å². The van der Waals surface area contributed by atoms with Crippen LogP contribution in [0, 0.1) is 6.92 Å². The second kappa shape index (κ2) is 6.70. The van der Waals surface area contributed by atoms with Gasteiger partial charge in [0.15, 0.2) is 0 Å². The minimum absolute atomic E-state index is 0.890. The van der Waals surface area contributed by atoms with E-state index < -0.39 is 0 Å². The van der Waals surface area contributed by atoms with Crippen LogP contribution in [0.15, 0.2) is 6.33 Å². The van der Waals surface area contributed by atoms with Gasteiger partial charge in [-0.25, -0.2) is 9.97 Å². The SMILES string of the molecule is CCCN1CCN(c2ncnc(NCC)c2C)CC1. The Balaban J connectivity index is 2.05. The number of hydrogen-bond donors (Lipinski definition) is 1. The van der Waals surface area contributed by atoms with E-state index in [1.54, 1.807) is 6.33 Å². The molecule has 1 aliphatic rings. The van der Waals surface area contributed by atoms with Gasteiger partial charge >= 0.3 is 0 Å². The Morgan fingerprint density at radius 2 is 1.89 bits per heavy atom. The molecule has 0 radical (unpaired) electrons. The lowest BCUT2D eigenvalue weighted by molar-refractivity contribution is 0.258. The summed E-state index contributed by atoms with van der Waals surface area (Å²) in [7, 11) is 0. The van der Waals surface area contributed by atoms with Crippen molar-refractivity contribution in [1.29, 1.82) is 0 Å². The van der Waals surface area contributed by atoms with Gasteiger partial charge in [0.1, 0.15) is 18.0 Å². The molecule has 1 N–H and O–H groups in total. The second-order valence-corrected chi connectivity index (χ2v) is 5.03. The molecule has 1 fully saturated rings. The van der Waals surface area contributed by atoms with Crippen LogP contribution in [0.4, 0.5) is 11.6 Å². The fourth-order valence-electron chi connectivity index (χ4n) is 2.60. The molecule has 5 nitrogen and oxygen atoms in total. The summed E-state index contributed by atoms with van der Waals surface area (Å²) in [5.74, 6) is 2.05. The van der Waals surface area contributed by atoms with E-state index in [2.05, 4.69) is 45.9 Å². The first-order chi connectivity index (χ1) is 9.26. The average molecular weight is 263 g/mol. The number of piperazine rings is 1. The van der Waals surface area contributed by atoms with Crippen LogP contribution in [0.25, 0.3) is 0 Å². The van der Waals surface area contributed by atoms with Gasteiger partial charge in [0.2, 0.25) is 0 Å². The largest absolute Gasteiger partial charge is 0.370 e. The van der Waals surface area contributed by atoms with E-state index in [0.717, 1.165) is 49.9 Å². The van der Waals surface area contributed by atoms with Crippen LogP contribution in [-0.4, -0.2) is 54.1 Å². The highest BCUT2D eigenvalue weighted by Crippen LogP contribution is 2.23. The molecule has 0 spiro atoms. The van der Waals surface area contributed by atoms with Crippen molar-refractivity contribution in [2.45, 2.75) is 27.2 Å². The maximum Gasteiger partial charge on any atom is 0.137 e. The Morgan fingerprint density at radius 3 is 2.53 bits per heavy atom. The summed E-state index contributed by atoms with van der Waals surface area (Å²) in [6, 6.07) is 0. The quantitative estimate of drug-likeness (QED) is 0.877. The molecule has 0 unspecified atom stereocenters. The molecular weight excluding hydrogens is 238 g/mol. The van der Waals surface area contributed by atoms with Crippen molar-refractivity contribution in [2.24, 2.45) is 0 Å². The number of anilines is 2. The number of aromatic nitrogens is 2. The summed E-state index contributed by atoms with van der Waals surface area (Å²) in [5, 5.41) is 3.30. The van der Waals surface area contributed by atoms with Gasteiger partial charge in [-0.05, 0) is 26.8 Å². The van der Waals surface area contributed by atoms with E-state index >= 15 is 0 Å². The first-order valence-corrected chi connectivity index (χ1v) is 7.29. The van der Waals surface area contributed by atoms with Crippen molar-refractivity contribution in [3.63, 3.8) is 0 Å². The van der Waals surface area contributed by atoms with E-state index in [4.69, 9.17) is 0 Å². The van der Waals surface area contributed by atoms with Gasteiger partial charge in [-0.2, -0.15) is 0 Å². The molecular formula is C14H25N5. The lowest BCUT2D eigenvalue weighted by Crippen LogP contribution is -2.47. The van der Waals surface area contributed by atoms with Gasteiger partial charge in [-0.1, -0.05) is 6.92 Å². The van der Waals surface area contributed by atoms with E-state index in [0.29, 0.717) is 0 Å². The highest BCUT2D eigenvalue weighted by Gasteiger charge is 2.19. The van der Waals surface area contributed by atoms with Crippen LogP contribution >= 0.6 is 0 Å². The fourth-order valence-corrected chi connectivity index (χ4v) is 2.60. The molecule has 2 rings (SSSR count). The van der Waals surface area contributed by atoms with E-state index in [1.807, 2.05) is 0 Å². The fraction of sp³-hybridized carbons (Fsp3) is 0.714. The van der Waals surface area contributed by atoms with Crippen molar-refractivity contribution in [1.82, 2.24) is 14.9 Å². The van der Waals surface area contributed by atoms with Crippen molar-refractivity contribution in [3.05, 3.63) is 11.9 Å². The van der Waals surface area contributed by atoms with E-state index in [9.17, 15) is 0 Å². The van der Waals surface area contributed by atoms with Crippen LogP contribution in [0.1, 0.15) is 25.8 Å². The van der Waals surface area contributed by atoms with Crippen LogP contribution < -0.4 is 10.2 Å². The third-order valence-corrected chi connectivity index (χ3v) is 3.61. The molecule has 1 saturated heterocycles. The maximum atomic E-state index is 4.47. The van der Waals surface area contributed by atoms with Gasteiger partial charge in [0.05, 0.1) is 0 Å². The Kier molecular flexibility index (Phi) is 4.96. The highest BCUT2D eigenvalue weighted by atomic mass is 15.3. The molecule has 1 aromatic heterocycles. The Bertz CT molecular complexity index is 399. The number of nitrogens with one attached hydrogen (secondary N) is 1. The normalized spacial score (nSPS) is 16.7. The molecule has 0 atom stereocenters. The zero-order valence-electron chi connectivity index (χ0n) is 12.3. The first-order valence-electron chi connectivity index (χ1n) is 7.29. The van der Waals surface area contributed by atoms with Crippen molar-refractivity contribution in [2.75, 3.05) is 49.5 Å². The highest BCUT2D eigenvalue weighted by molar-refractivity contribution is 5.58. The van der Waals surface area contributed by atoms with Crippen LogP contribution in [0.5, 0.6) is 0 Å². The van der Waals surface area contributed by atoms with E-state index in [1.165, 1.54) is 13.0 Å². The lowest BCUT2D eigenvalue weighted by atomic mass is 10.2. The average Bonchev–Trinajstić information content (AvgIpc) is 2.43. The number of hydrogen-bond acceptors (Lipinski definition) is 5. The molecule has 0 saturated carbocycles. The smallest absolute Gasteiger partial charge is 0.137 e. The molecule has 0 amide bonds. The predicted molar refractivity (Wildman–Crippen MR) is 79.9 cm³/mol. The Hall–Kier alpha value is -1.36. The molecule has 1 aromatic rings. The summed E-state index contributed by atoms with van der Waals surface area (Å²) in [4.78, 5) is 13.7. The predicted octanol–water partition coefficient (Wildman–Crippen LogP) is 1.75. The van der Waals surface area contributed by atoms with Crippen LogP contribution in [0.3, 0.4) is 0 Å². The molecule has 106 valence electrons. The Morgan fingerprint density at radius 1 is 1.16 bits per heavy atom. The lowest BCUT2D eigenvalue weighted by Gasteiger charge is -2.36. The molecule has 0 aliphatic carbocycles. The van der Waals surface area contributed by atoms with E-state index in [-0.39, 0.29) is 0 Å². The minimum atomic E-state index is 0.890. The van der Waals surface area contributed by atoms with Crippen LogP contribution in [-0.2, 0) is 0 Å². The zero-order chi connectivity index (χ0) is 13.7. The molecule has 5 heteroatoms. The van der Waals surface area contributed by atoms with Gasteiger partial charge in [0, 0.05) is 38.3 Å². The third kappa shape index (κ3) is 3.35. The summed E-state index contributed by atoms with van der Waals surface area (Å²) in [6.45, 7) is 12.9. The van der Waals surface area contributed by atoms with Crippen LogP contribution in [0.2, 0.25) is 0 Å². The molecule has 19 heavy (non-hydrogen) atoms. The number of nitrogens with zero attached hydrogens (tertiary/aromatic N) is 4. The first kappa shape index (κ1) is 14.1. The minimum Gasteiger partial charge on any atom is -0.370 e. The van der Waals surface area contributed by atoms with Gasteiger partial charge < -0.3 is 10.2 Å².